The number of alkyl halides is 3. The minimum atomic E-state index is -4.93. The molecule has 28 heavy (non-hydrogen) atoms. The van der Waals surface area contributed by atoms with Crippen LogP contribution in [0.3, 0.4) is 0 Å². The van der Waals surface area contributed by atoms with E-state index in [0.29, 0.717) is 0 Å². The van der Waals surface area contributed by atoms with E-state index in [9.17, 15) is 32.0 Å². The number of aromatic hydroxyl groups is 1. The number of fused-ring (bicyclic) bond motifs is 2. The number of nitroso groups, excluding NO2 is 1. The molecule has 0 fully saturated rings. The first kappa shape index (κ1) is 17.8. The van der Waals surface area contributed by atoms with Crippen molar-refractivity contribution in [1.82, 2.24) is 9.97 Å². The van der Waals surface area contributed by atoms with E-state index in [4.69, 9.17) is 0 Å². The smallest absolute Gasteiger partial charge is 0.494 e. The monoisotopic (exact) mass is 397 g/mol. The van der Waals surface area contributed by atoms with Crippen LogP contribution in [0.2, 0.25) is 0 Å². The topological polar surface area (TPSA) is 90.5 Å². The first-order chi connectivity index (χ1) is 13.2. The maximum atomic E-state index is 13.5. The van der Waals surface area contributed by atoms with Gasteiger partial charge in [-0.15, -0.1) is 18.1 Å². The predicted molar refractivity (Wildman–Crippen MR) is 89.3 cm³/mol. The predicted octanol–water partition coefficient (Wildman–Crippen LogP) is 5.60. The number of benzene rings is 2. The van der Waals surface area contributed by atoms with Crippen LogP contribution in [0.5, 0.6) is 11.6 Å². The second-order valence-corrected chi connectivity index (χ2v) is 5.86. The van der Waals surface area contributed by atoms with Crippen LogP contribution in [0, 0.1) is 16.5 Å². The van der Waals surface area contributed by atoms with Crippen LogP contribution >= 0.6 is 0 Å². The lowest BCUT2D eigenvalue weighted by Gasteiger charge is -2.08. The first-order valence-electron chi connectivity index (χ1n) is 7.63. The number of hydrogen-bond donors (Lipinski definition) is 3. The molecule has 4 rings (SSSR count). The Morgan fingerprint density at radius 1 is 0.964 bits per heavy atom. The molecule has 0 aliphatic carbocycles. The summed E-state index contributed by atoms with van der Waals surface area (Å²) in [6.07, 6.45) is -4.93. The molecule has 0 aliphatic rings. The number of aromatic nitrogens is 2. The minimum Gasteiger partial charge on any atom is -0.494 e. The molecular formula is C17H8F5N3O3. The van der Waals surface area contributed by atoms with Gasteiger partial charge in [0.2, 0.25) is 0 Å². The lowest BCUT2D eigenvalue weighted by atomic mass is 10.1. The Kier molecular flexibility index (Phi) is 3.77. The van der Waals surface area contributed by atoms with Crippen molar-refractivity contribution in [3.63, 3.8) is 0 Å². The molecular weight excluding hydrogens is 389 g/mol. The Hall–Kier alpha value is -3.63. The fourth-order valence-corrected chi connectivity index (χ4v) is 3.06. The molecule has 2 aromatic carbocycles. The summed E-state index contributed by atoms with van der Waals surface area (Å²) in [5, 5.41) is 13.1. The van der Waals surface area contributed by atoms with Gasteiger partial charge in [-0.3, -0.25) is 0 Å². The average molecular weight is 397 g/mol. The Morgan fingerprint density at radius 2 is 1.68 bits per heavy atom. The number of aromatic amines is 2. The highest BCUT2D eigenvalue weighted by molar-refractivity contribution is 6.07. The van der Waals surface area contributed by atoms with E-state index in [1.807, 2.05) is 0 Å². The summed E-state index contributed by atoms with van der Waals surface area (Å²) in [5.74, 6) is -3.45. The van der Waals surface area contributed by atoms with Crippen LogP contribution in [0.1, 0.15) is 0 Å². The Morgan fingerprint density at radius 3 is 2.36 bits per heavy atom. The second kappa shape index (κ2) is 5.94. The summed E-state index contributed by atoms with van der Waals surface area (Å²) >= 11 is 0. The molecule has 11 heteroatoms. The van der Waals surface area contributed by atoms with Crippen molar-refractivity contribution in [2.24, 2.45) is 5.18 Å². The van der Waals surface area contributed by atoms with E-state index >= 15 is 0 Å². The highest BCUT2D eigenvalue weighted by Crippen LogP contribution is 2.45. The summed E-state index contributed by atoms with van der Waals surface area (Å²) in [4.78, 5) is 16.5. The van der Waals surface area contributed by atoms with Gasteiger partial charge in [0, 0.05) is 22.4 Å². The van der Waals surface area contributed by atoms with Crippen LogP contribution < -0.4 is 4.74 Å². The molecule has 0 bridgehead atoms. The molecule has 0 saturated carbocycles. The van der Waals surface area contributed by atoms with Gasteiger partial charge in [0.05, 0.1) is 16.8 Å². The largest absolute Gasteiger partial charge is 0.573 e. The van der Waals surface area contributed by atoms with Crippen LogP contribution in [0.25, 0.3) is 33.1 Å². The minimum absolute atomic E-state index is 0.0138. The molecule has 0 aliphatic heterocycles. The molecule has 2 aromatic heterocycles. The Bertz CT molecular complexity index is 1240. The highest BCUT2D eigenvalue weighted by Gasteiger charge is 2.31. The fourth-order valence-electron chi connectivity index (χ4n) is 3.06. The Balaban J connectivity index is 1.99. The van der Waals surface area contributed by atoms with Gasteiger partial charge in [-0.2, -0.15) is 0 Å². The summed E-state index contributed by atoms with van der Waals surface area (Å²) < 4.78 is 68.4. The van der Waals surface area contributed by atoms with Crippen LogP contribution in [0.4, 0.5) is 27.6 Å². The number of nitrogens with one attached hydrogen (secondary N) is 2. The van der Waals surface area contributed by atoms with Gasteiger partial charge in [-0.25, -0.2) is 8.78 Å². The highest BCUT2D eigenvalue weighted by atomic mass is 19.4. The standard InChI is InChI=1S/C17H8F5N3O3/c18-9-4-8-12(5-10(9)19)23-15(14(8)25-27)13-7-3-6(28-17(20,21)22)1-2-11(7)24-16(13)26/h1-5,23-24,26H. The van der Waals surface area contributed by atoms with E-state index in [2.05, 4.69) is 19.9 Å². The third kappa shape index (κ3) is 2.80. The normalized spacial score (nSPS) is 12.0. The van der Waals surface area contributed by atoms with Gasteiger partial charge >= 0.3 is 6.36 Å². The lowest BCUT2D eigenvalue weighted by Crippen LogP contribution is -2.16. The lowest BCUT2D eigenvalue weighted by molar-refractivity contribution is -0.274. The van der Waals surface area contributed by atoms with Gasteiger partial charge in [-0.1, -0.05) is 0 Å². The van der Waals surface area contributed by atoms with E-state index in [-0.39, 0.29) is 38.8 Å². The van der Waals surface area contributed by atoms with Crippen molar-refractivity contribution in [3.05, 3.63) is 46.9 Å². The number of H-pyrrole nitrogens is 2. The zero-order valence-corrected chi connectivity index (χ0v) is 13.5. The first-order valence-corrected chi connectivity index (χ1v) is 7.63. The van der Waals surface area contributed by atoms with Crippen LogP contribution in [0.15, 0.2) is 35.5 Å². The van der Waals surface area contributed by atoms with E-state index in [1.54, 1.807) is 0 Å². The van der Waals surface area contributed by atoms with Crippen molar-refractivity contribution in [1.29, 1.82) is 0 Å². The van der Waals surface area contributed by atoms with E-state index in [0.717, 1.165) is 24.3 Å². The van der Waals surface area contributed by atoms with Crippen molar-refractivity contribution in [3.8, 4) is 22.9 Å². The van der Waals surface area contributed by atoms with Gasteiger partial charge in [-0.05, 0) is 29.4 Å². The van der Waals surface area contributed by atoms with Gasteiger partial charge in [0.1, 0.15) is 11.4 Å². The number of rotatable bonds is 3. The maximum Gasteiger partial charge on any atom is 0.573 e. The molecule has 0 radical (unpaired) electrons. The van der Waals surface area contributed by atoms with Crippen molar-refractivity contribution in [2.45, 2.75) is 6.36 Å². The fraction of sp³-hybridized carbons (Fsp3) is 0.0588. The maximum absolute atomic E-state index is 13.5. The summed E-state index contributed by atoms with van der Waals surface area (Å²) in [7, 11) is 0. The Labute approximate surface area is 151 Å². The van der Waals surface area contributed by atoms with Crippen molar-refractivity contribution in [2.75, 3.05) is 0 Å². The van der Waals surface area contributed by atoms with E-state index in [1.165, 1.54) is 6.07 Å². The number of hydrogen-bond acceptors (Lipinski definition) is 4. The average Bonchev–Trinajstić information content (AvgIpc) is 3.09. The molecule has 0 amide bonds. The molecule has 2 heterocycles. The molecule has 144 valence electrons. The van der Waals surface area contributed by atoms with E-state index < -0.39 is 29.6 Å². The van der Waals surface area contributed by atoms with Crippen LogP contribution in [-0.4, -0.2) is 21.4 Å². The molecule has 4 aromatic rings. The van der Waals surface area contributed by atoms with Crippen LogP contribution in [-0.2, 0) is 0 Å². The SMILES string of the molecule is O=Nc1c(-c2c(O)[nH]c3ccc(OC(F)(F)F)cc23)[nH]c2cc(F)c(F)cc12. The molecule has 6 nitrogen and oxygen atoms in total. The molecule has 0 saturated heterocycles. The molecule has 0 atom stereocenters. The second-order valence-electron chi connectivity index (χ2n) is 5.86. The zero-order valence-electron chi connectivity index (χ0n) is 13.5. The number of ether oxygens (including phenoxy) is 1. The number of halogens is 5. The van der Waals surface area contributed by atoms with Crippen molar-refractivity contribution >= 4 is 27.5 Å². The molecule has 3 N–H and O–H groups in total. The molecule has 0 unspecified atom stereocenters. The van der Waals surface area contributed by atoms with Crippen molar-refractivity contribution < 1.29 is 31.8 Å². The third-order valence-electron chi connectivity index (χ3n) is 4.14. The zero-order chi connectivity index (χ0) is 20.2. The summed E-state index contributed by atoms with van der Waals surface area (Å²) in [5.41, 5.74) is -0.320. The quantitative estimate of drug-likeness (QED) is 0.311. The number of nitrogens with zero attached hydrogens (tertiary/aromatic N) is 1. The van der Waals surface area contributed by atoms with Gasteiger partial charge < -0.3 is 19.8 Å². The summed E-state index contributed by atoms with van der Waals surface area (Å²) in [6.45, 7) is 0. The summed E-state index contributed by atoms with van der Waals surface area (Å²) in [6, 6.07) is 4.81. The van der Waals surface area contributed by atoms with Gasteiger partial charge in [0.25, 0.3) is 0 Å². The van der Waals surface area contributed by atoms with Gasteiger partial charge in [0.15, 0.2) is 17.5 Å². The third-order valence-corrected chi connectivity index (χ3v) is 4.14. The molecule has 0 spiro atoms.